The first-order valence-electron chi connectivity index (χ1n) is 6.33. The molecule has 1 N–H and O–H groups in total. The minimum Gasteiger partial charge on any atom is -0.380 e. The molecule has 0 bridgehead atoms. The molecule has 4 heteroatoms. The monoisotopic (exact) mass is 311 g/mol. The van der Waals surface area contributed by atoms with Gasteiger partial charge in [-0.05, 0) is 37.0 Å². The largest absolute Gasteiger partial charge is 0.380 e. The maximum Gasteiger partial charge on any atom is 0.223 e. The van der Waals surface area contributed by atoms with E-state index in [2.05, 4.69) is 33.4 Å². The third kappa shape index (κ3) is 3.56. The average molecular weight is 312 g/mol. The highest BCUT2D eigenvalue weighted by molar-refractivity contribution is 9.10. The molecule has 18 heavy (non-hydrogen) atoms. The highest BCUT2D eigenvalue weighted by Gasteiger charge is 2.43. The predicted molar refractivity (Wildman–Crippen MR) is 74.5 cm³/mol. The van der Waals surface area contributed by atoms with E-state index in [1.165, 1.54) is 5.56 Å². The van der Waals surface area contributed by atoms with Crippen LogP contribution in [-0.2, 0) is 9.53 Å². The van der Waals surface area contributed by atoms with Crippen LogP contribution in [-0.4, -0.2) is 25.7 Å². The Morgan fingerprint density at radius 1 is 1.44 bits per heavy atom. The molecule has 2 rings (SSSR count). The summed E-state index contributed by atoms with van der Waals surface area (Å²) in [7, 11) is 0. The first-order valence-corrected chi connectivity index (χ1v) is 7.12. The summed E-state index contributed by atoms with van der Waals surface area (Å²) in [5.74, 6) is 0.695. The van der Waals surface area contributed by atoms with Crippen LogP contribution in [0.15, 0.2) is 28.7 Å². The molecule has 1 saturated carbocycles. The van der Waals surface area contributed by atoms with Gasteiger partial charge in [0.25, 0.3) is 0 Å². The molecule has 98 valence electrons. The summed E-state index contributed by atoms with van der Waals surface area (Å²) < 4.78 is 6.26. The third-order valence-corrected chi connectivity index (χ3v) is 3.70. The number of rotatable bonds is 6. The molecule has 1 aromatic carbocycles. The average Bonchev–Trinajstić information content (AvgIpc) is 3.15. The number of halogens is 1. The van der Waals surface area contributed by atoms with Crippen molar-refractivity contribution in [3.63, 3.8) is 0 Å². The van der Waals surface area contributed by atoms with E-state index < -0.39 is 0 Å². The van der Waals surface area contributed by atoms with Crippen molar-refractivity contribution in [2.45, 2.75) is 19.3 Å². The molecule has 0 spiro atoms. The van der Waals surface area contributed by atoms with Gasteiger partial charge in [0.05, 0.1) is 6.61 Å². The first-order chi connectivity index (χ1) is 8.72. The molecule has 2 atom stereocenters. The number of hydrogen-bond acceptors (Lipinski definition) is 2. The van der Waals surface area contributed by atoms with Gasteiger partial charge in [0.2, 0.25) is 5.91 Å². The fourth-order valence-electron chi connectivity index (χ4n) is 2.08. The van der Waals surface area contributed by atoms with Crippen LogP contribution >= 0.6 is 15.9 Å². The van der Waals surface area contributed by atoms with Gasteiger partial charge in [0.15, 0.2) is 0 Å². The van der Waals surface area contributed by atoms with E-state index in [9.17, 15) is 4.79 Å². The van der Waals surface area contributed by atoms with E-state index in [0.717, 1.165) is 10.9 Å². The van der Waals surface area contributed by atoms with E-state index in [4.69, 9.17) is 4.74 Å². The van der Waals surface area contributed by atoms with Gasteiger partial charge in [-0.25, -0.2) is 0 Å². The topological polar surface area (TPSA) is 38.3 Å². The zero-order valence-corrected chi connectivity index (χ0v) is 12.1. The maximum absolute atomic E-state index is 11.8. The second-order valence-corrected chi connectivity index (χ2v) is 5.40. The lowest BCUT2D eigenvalue weighted by Crippen LogP contribution is -2.28. The van der Waals surface area contributed by atoms with E-state index in [1.54, 1.807) is 0 Å². The number of amides is 1. The van der Waals surface area contributed by atoms with Crippen LogP contribution in [0, 0.1) is 5.92 Å². The lowest BCUT2D eigenvalue weighted by Gasteiger charge is -2.05. The van der Waals surface area contributed by atoms with Gasteiger partial charge in [-0.3, -0.25) is 4.79 Å². The summed E-state index contributed by atoms with van der Waals surface area (Å²) in [4.78, 5) is 11.8. The van der Waals surface area contributed by atoms with Gasteiger partial charge in [0, 0.05) is 23.5 Å². The minimum atomic E-state index is 0.146. The van der Waals surface area contributed by atoms with Gasteiger partial charge in [-0.1, -0.05) is 28.1 Å². The molecule has 1 amide bonds. The summed E-state index contributed by atoms with van der Waals surface area (Å²) >= 11 is 3.41. The zero-order valence-electron chi connectivity index (χ0n) is 10.5. The van der Waals surface area contributed by atoms with Gasteiger partial charge in [0.1, 0.15) is 0 Å². The Morgan fingerprint density at radius 3 is 2.83 bits per heavy atom. The lowest BCUT2D eigenvalue weighted by atomic mass is 10.1. The van der Waals surface area contributed by atoms with Crippen LogP contribution in [0.4, 0.5) is 0 Å². The number of ether oxygens (including phenoxy) is 1. The van der Waals surface area contributed by atoms with Crippen LogP contribution in [0.5, 0.6) is 0 Å². The Labute approximate surface area is 116 Å². The first kappa shape index (κ1) is 13.6. The summed E-state index contributed by atoms with van der Waals surface area (Å²) in [6.07, 6.45) is 0.960. The molecule has 1 fully saturated rings. The summed E-state index contributed by atoms with van der Waals surface area (Å²) in [6.45, 7) is 3.85. The smallest absolute Gasteiger partial charge is 0.223 e. The molecule has 0 radical (unpaired) electrons. The number of carbonyl (C=O) groups is 1. The number of benzene rings is 1. The second-order valence-electron chi connectivity index (χ2n) is 4.49. The molecular formula is C14H18BrNO2. The molecule has 0 aromatic heterocycles. The molecule has 0 unspecified atom stereocenters. The second kappa shape index (κ2) is 6.34. The maximum atomic E-state index is 11.8. The molecule has 0 saturated heterocycles. The van der Waals surface area contributed by atoms with Gasteiger partial charge in [-0.2, -0.15) is 0 Å². The Balaban J connectivity index is 1.76. The van der Waals surface area contributed by atoms with E-state index in [-0.39, 0.29) is 11.8 Å². The number of carbonyl (C=O) groups excluding carboxylic acids is 1. The van der Waals surface area contributed by atoms with Crippen molar-refractivity contribution in [2.75, 3.05) is 19.8 Å². The fourth-order valence-corrected chi connectivity index (χ4v) is 2.35. The third-order valence-electron chi connectivity index (χ3n) is 3.18. The van der Waals surface area contributed by atoms with Crippen molar-refractivity contribution in [3.8, 4) is 0 Å². The highest BCUT2D eigenvalue weighted by atomic mass is 79.9. The van der Waals surface area contributed by atoms with Crippen LogP contribution in [0.1, 0.15) is 24.8 Å². The normalized spacial score (nSPS) is 21.7. The lowest BCUT2D eigenvalue weighted by molar-refractivity contribution is -0.122. The van der Waals surface area contributed by atoms with Crippen molar-refractivity contribution < 1.29 is 9.53 Å². The fraction of sp³-hybridized carbons (Fsp3) is 0.500. The van der Waals surface area contributed by atoms with Gasteiger partial charge >= 0.3 is 0 Å². The van der Waals surface area contributed by atoms with Crippen molar-refractivity contribution in [1.29, 1.82) is 0 Å². The quantitative estimate of drug-likeness (QED) is 0.820. The summed E-state index contributed by atoms with van der Waals surface area (Å²) in [5.41, 5.74) is 1.25. The number of hydrogen-bond donors (Lipinski definition) is 1. The van der Waals surface area contributed by atoms with Crippen molar-refractivity contribution >= 4 is 21.8 Å². The molecule has 1 aliphatic rings. The number of nitrogens with one attached hydrogen (secondary N) is 1. The molecule has 1 aromatic rings. The van der Waals surface area contributed by atoms with Crippen LogP contribution in [0.3, 0.4) is 0 Å². The van der Waals surface area contributed by atoms with Crippen LogP contribution in [0.2, 0.25) is 0 Å². The van der Waals surface area contributed by atoms with E-state index in [1.807, 2.05) is 19.1 Å². The standard InChI is InChI=1S/C14H18BrNO2/c1-2-18-8-7-16-14(17)13-9-12(13)10-3-5-11(15)6-4-10/h3-6,12-13H,2,7-9H2,1H3,(H,16,17)/t12-,13-/m0/s1. The Hall–Kier alpha value is -0.870. The van der Waals surface area contributed by atoms with Crippen LogP contribution in [0.25, 0.3) is 0 Å². The van der Waals surface area contributed by atoms with Crippen molar-refractivity contribution in [3.05, 3.63) is 34.3 Å². The van der Waals surface area contributed by atoms with Gasteiger partial charge < -0.3 is 10.1 Å². The molecule has 0 aliphatic heterocycles. The van der Waals surface area contributed by atoms with E-state index in [0.29, 0.717) is 25.7 Å². The summed E-state index contributed by atoms with van der Waals surface area (Å²) in [5, 5.41) is 2.92. The van der Waals surface area contributed by atoms with Crippen LogP contribution < -0.4 is 5.32 Å². The Bertz CT molecular complexity index is 405. The highest BCUT2D eigenvalue weighted by Crippen LogP contribution is 2.47. The van der Waals surface area contributed by atoms with E-state index >= 15 is 0 Å². The molecule has 1 aliphatic carbocycles. The SMILES string of the molecule is CCOCCNC(=O)[C@H]1C[C@H]1c1ccc(Br)cc1. The minimum absolute atomic E-state index is 0.146. The summed E-state index contributed by atoms with van der Waals surface area (Å²) in [6, 6.07) is 8.22. The molecular weight excluding hydrogens is 294 g/mol. The van der Waals surface area contributed by atoms with Crippen molar-refractivity contribution in [2.24, 2.45) is 5.92 Å². The zero-order chi connectivity index (χ0) is 13.0. The molecule has 3 nitrogen and oxygen atoms in total. The predicted octanol–water partition coefficient (Wildman–Crippen LogP) is 2.71. The Morgan fingerprint density at radius 2 is 2.17 bits per heavy atom. The Kier molecular flexibility index (Phi) is 4.78. The van der Waals surface area contributed by atoms with Crippen molar-refractivity contribution in [1.82, 2.24) is 5.32 Å². The molecule has 0 heterocycles. The van der Waals surface area contributed by atoms with Gasteiger partial charge in [-0.15, -0.1) is 0 Å².